The molecule has 0 aliphatic rings. The van der Waals surface area contributed by atoms with E-state index < -0.39 is 10.0 Å². The molecular formula is C14H17BrN2O2S2. The molecule has 21 heavy (non-hydrogen) atoms. The van der Waals surface area contributed by atoms with Gasteiger partial charge in [0.25, 0.3) is 0 Å². The molecule has 0 amide bonds. The number of sulfonamides is 1. The zero-order chi connectivity index (χ0) is 15.5. The molecule has 2 aromatic rings. The van der Waals surface area contributed by atoms with Gasteiger partial charge in [0, 0.05) is 17.6 Å². The van der Waals surface area contributed by atoms with Gasteiger partial charge in [0.1, 0.15) is 0 Å². The smallest absolute Gasteiger partial charge is 0.242 e. The Bertz CT molecular complexity index is 726. The fraction of sp³-hybridized carbons (Fsp3) is 0.286. The first-order chi connectivity index (χ1) is 9.94. The lowest BCUT2D eigenvalue weighted by Crippen LogP contribution is -2.24. The third kappa shape index (κ3) is 4.14. The van der Waals surface area contributed by atoms with Gasteiger partial charge in [0.05, 0.1) is 4.90 Å². The number of hydrogen-bond acceptors (Lipinski definition) is 4. The fourth-order valence-electron chi connectivity index (χ4n) is 1.89. The van der Waals surface area contributed by atoms with Gasteiger partial charge in [-0.05, 0) is 69.5 Å². The van der Waals surface area contributed by atoms with Gasteiger partial charge >= 0.3 is 0 Å². The van der Waals surface area contributed by atoms with Crippen molar-refractivity contribution in [2.75, 3.05) is 7.05 Å². The number of benzene rings is 1. The van der Waals surface area contributed by atoms with Crippen molar-refractivity contribution in [3.63, 3.8) is 0 Å². The molecule has 4 nitrogen and oxygen atoms in total. The van der Waals surface area contributed by atoms with Crippen LogP contribution in [0.25, 0.3) is 0 Å². The molecule has 1 aromatic heterocycles. The van der Waals surface area contributed by atoms with Crippen molar-refractivity contribution in [1.82, 2.24) is 10.0 Å². The van der Waals surface area contributed by atoms with Crippen molar-refractivity contribution >= 4 is 37.3 Å². The summed E-state index contributed by atoms with van der Waals surface area (Å²) in [6.45, 7) is 2.91. The second kappa shape index (κ2) is 7.02. The molecule has 0 saturated heterocycles. The summed E-state index contributed by atoms with van der Waals surface area (Å²) >= 11 is 4.89. The quantitative estimate of drug-likeness (QED) is 0.799. The molecule has 2 rings (SSSR count). The maximum absolute atomic E-state index is 12.5. The standard InChI is InChI=1S/C14H17BrN2O2S2/c1-10-8-20-9-12(10)7-17-21(18,19)14-5-11(6-16-2)3-4-13(14)15/h3-5,8-9,16-17H,6-7H2,1-2H3. The normalized spacial score (nSPS) is 11.8. The van der Waals surface area contributed by atoms with Crippen molar-refractivity contribution in [2.24, 2.45) is 0 Å². The summed E-state index contributed by atoms with van der Waals surface area (Å²) in [6.07, 6.45) is 0. The van der Waals surface area contributed by atoms with Crippen molar-refractivity contribution in [3.05, 3.63) is 50.1 Å². The first-order valence-corrected chi connectivity index (χ1v) is 9.60. The molecule has 0 bridgehead atoms. The lowest BCUT2D eigenvalue weighted by atomic mass is 10.2. The van der Waals surface area contributed by atoms with Gasteiger partial charge in [-0.3, -0.25) is 0 Å². The van der Waals surface area contributed by atoms with Crippen LogP contribution in [0.15, 0.2) is 38.3 Å². The first kappa shape index (κ1) is 16.6. The summed E-state index contributed by atoms with van der Waals surface area (Å²) in [4.78, 5) is 0.267. The SMILES string of the molecule is CNCc1ccc(Br)c(S(=O)(=O)NCc2cscc2C)c1. The largest absolute Gasteiger partial charge is 0.316 e. The third-order valence-electron chi connectivity index (χ3n) is 3.08. The molecule has 0 aliphatic heterocycles. The monoisotopic (exact) mass is 388 g/mol. The van der Waals surface area contributed by atoms with Crippen LogP contribution in [-0.2, 0) is 23.1 Å². The highest BCUT2D eigenvalue weighted by Gasteiger charge is 2.18. The Labute approximate surface area is 137 Å². The molecule has 7 heteroatoms. The molecule has 1 heterocycles. The lowest BCUT2D eigenvalue weighted by molar-refractivity contribution is 0.580. The van der Waals surface area contributed by atoms with Gasteiger partial charge in [-0.2, -0.15) is 11.3 Å². The Balaban J connectivity index is 2.22. The Morgan fingerprint density at radius 3 is 2.62 bits per heavy atom. The number of aryl methyl sites for hydroxylation is 1. The Kier molecular flexibility index (Phi) is 5.56. The predicted octanol–water partition coefficient (Wildman–Crippen LogP) is 3.02. The van der Waals surface area contributed by atoms with Crippen LogP contribution in [0.2, 0.25) is 0 Å². The highest BCUT2D eigenvalue weighted by Crippen LogP contribution is 2.24. The van der Waals surface area contributed by atoms with E-state index >= 15 is 0 Å². The minimum atomic E-state index is -3.54. The molecule has 1 aromatic carbocycles. The van der Waals surface area contributed by atoms with Crippen LogP contribution in [0.1, 0.15) is 16.7 Å². The van der Waals surface area contributed by atoms with Gasteiger partial charge in [0.15, 0.2) is 0 Å². The first-order valence-electron chi connectivity index (χ1n) is 6.38. The van der Waals surface area contributed by atoms with E-state index in [0.717, 1.165) is 16.7 Å². The summed E-state index contributed by atoms with van der Waals surface area (Å²) in [6, 6.07) is 5.34. The van der Waals surface area contributed by atoms with Gasteiger partial charge in [-0.1, -0.05) is 6.07 Å². The van der Waals surface area contributed by atoms with Crippen LogP contribution in [0.5, 0.6) is 0 Å². The molecule has 0 unspecified atom stereocenters. The van der Waals surface area contributed by atoms with E-state index in [1.54, 1.807) is 23.5 Å². The average Bonchev–Trinajstić information content (AvgIpc) is 2.84. The number of thiophene rings is 1. The van der Waals surface area contributed by atoms with Crippen molar-refractivity contribution < 1.29 is 8.42 Å². The minimum Gasteiger partial charge on any atom is -0.316 e. The van der Waals surface area contributed by atoms with E-state index in [0.29, 0.717) is 17.6 Å². The summed E-state index contributed by atoms with van der Waals surface area (Å²) in [7, 11) is -1.72. The Morgan fingerprint density at radius 2 is 2.00 bits per heavy atom. The van der Waals surface area contributed by atoms with E-state index in [-0.39, 0.29) is 4.90 Å². The van der Waals surface area contributed by atoms with Crippen LogP contribution in [0.3, 0.4) is 0 Å². The highest BCUT2D eigenvalue weighted by molar-refractivity contribution is 9.10. The molecular weight excluding hydrogens is 372 g/mol. The summed E-state index contributed by atoms with van der Waals surface area (Å²) < 4.78 is 28.1. The van der Waals surface area contributed by atoms with Gasteiger partial charge in [0.2, 0.25) is 10.0 Å². The molecule has 0 radical (unpaired) electrons. The Morgan fingerprint density at radius 1 is 1.24 bits per heavy atom. The van der Waals surface area contributed by atoms with Gasteiger partial charge in [-0.15, -0.1) is 0 Å². The molecule has 0 fully saturated rings. The van der Waals surface area contributed by atoms with Crippen molar-refractivity contribution in [1.29, 1.82) is 0 Å². The summed E-state index contributed by atoms with van der Waals surface area (Å²) in [5, 5.41) is 6.98. The average molecular weight is 389 g/mol. The second-order valence-electron chi connectivity index (χ2n) is 4.70. The minimum absolute atomic E-state index is 0.267. The van der Waals surface area contributed by atoms with Crippen LogP contribution in [0, 0.1) is 6.92 Å². The maximum atomic E-state index is 12.5. The molecule has 0 spiro atoms. The van der Waals surface area contributed by atoms with Gasteiger partial charge in [-0.25, -0.2) is 13.1 Å². The second-order valence-corrected chi connectivity index (χ2v) is 8.03. The predicted molar refractivity (Wildman–Crippen MR) is 90.0 cm³/mol. The third-order valence-corrected chi connectivity index (χ3v) is 6.39. The van der Waals surface area contributed by atoms with E-state index in [1.165, 1.54) is 0 Å². The number of halogens is 1. The lowest BCUT2D eigenvalue weighted by Gasteiger charge is -2.10. The zero-order valence-corrected chi connectivity index (χ0v) is 15.0. The van der Waals surface area contributed by atoms with Crippen LogP contribution in [0.4, 0.5) is 0 Å². The topological polar surface area (TPSA) is 58.2 Å². The molecule has 2 N–H and O–H groups in total. The maximum Gasteiger partial charge on any atom is 0.242 e. The van der Waals surface area contributed by atoms with E-state index in [9.17, 15) is 8.42 Å². The van der Waals surface area contributed by atoms with E-state index in [2.05, 4.69) is 26.0 Å². The van der Waals surface area contributed by atoms with Crippen LogP contribution in [-0.4, -0.2) is 15.5 Å². The molecule has 0 saturated carbocycles. The molecule has 114 valence electrons. The van der Waals surface area contributed by atoms with E-state index in [1.807, 2.05) is 30.8 Å². The number of rotatable bonds is 6. The Hall–Kier alpha value is -0.730. The number of hydrogen-bond donors (Lipinski definition) is 2. The van der Waals surface area contributed by atoms with Crippen molar-refractivity contribution in [3.8, 4) is 0 Å². The number of nitrogens with one attached hydrogen (secondary N) is 2. The zero-order valence-electron chi connectivity index (χ0n) is 11.8. The van der Waals surface area contributed by atoms with Crippen LogP contribution < -0.4 is 10.0 Å². The highest BCUT2D eigenvalue weighted by atomic mass is 79.9. The van der Waals surface area contributed by atoms with E-state index in [4.69, 9.17) is 0 Å². The van der Waals surface area contributed by atoms with Crippen molar-refractivity contribution in [2.45, 2.75) is 24.9 Å². The summed E-state index contributed by atoms with van der Waals surface area (Å²) in [5.74, 6) is 0. The fourth-order valence-corrected chi connectivity index (χ4v) is 4.76. The molecule has 0 aliphatic carbocycles. The van der Waals surface area contributed by atoms with Crippen LogP contribution >= 0.6 is 27.3 Å². The van der Waals surface area contributed by atoms with Gasteiger partial charge < -0.3 is 5.32 Å². The molecule has 0 atom stereocenters. The summed E-state index contributed by atoms with van der Waals surface area (Å²) in [5.41, 5.74) is 3.03.